The maximum absolute atomic E-state index is 6.34. The third-order valence-corrected chi connectivity index (χ3v) is 26.0. The summed E-state index contributed by atoms with van der Waals surface area (Å²) in [5, 5.41) is 0. The SMILES string of the molecule is Cn1ccnc1-c1[c-]c(-c2[c-]c(-n3c4ccccc4n4c5ccccc5nc34)ccc2)ccc1.Cn1ccnc1-c1[c-]c(Oc2[c-]c(-n3c4ccccc4n4c5ccccc5nc34)ccc2)ccc1.Cn1ccnc1-c1[c-]c(Oc2cccc3c2nc2n(-c4[c-]cccc4)c4ccccc4n32)ccc1.[Pt+2].[Pt+2].[Pt+2].[Pt+2].[c-]1c(-c2ccccn2)cccc1N(c1ccccc1)c1cccc2c1nc1n(-c3[c-]cccc3)c3ccccc3n21. The molecule has 0 amide bonds. The van der Waals surface area contributed by atoms with Gasteiger partial charge in [-0.2, -0.15) is 90.5 Å². The number of anilines is 3. The molecule has 0 fully saturated rings. The van der Waals surface area contributed by atoms with E-state index in [0.717, 1.165) is 208 Å². The second-order valence-electron chi connectivity index (χ2n) is 34.8. The first kappa shape index (κ1) is 96.5. The molecule has 12 heterocycles. The molecule has 0 atom stereocenters. The van der Waals surface area contributed by atoms with Crippen LogP contribution in [-0.2, 0) is 105 Å². The Morgan fingerprint density at radius 3 is 1.12 bits per heavy atom. The van der Waals surface area contributed by atoms with Crippen LogP contribution in [0.3, 0.4) is 0 Å². The summed E-state index contributed by atoms with van der Waals surface area (Å²) in [6.07, 6.45) is 12.9. The number of aromatic nitrogens is 19. The van der Waals surface area contributed by atoms with E-state index >= 15 is 0 Å². The van der Waals surface area contributed by atoms with Gasteiger partial charge in [-0.3, -0.25) is 37.1 Å². The molecule has 26 heteroatoms. The summed E-state index contributed by atoms with van der Waals surface area (Å²) >= 11 is 0. The molecule has 149 heavy (non-hydrogen) atoms. The summed E-state index contributed by atoms with van der Waals surface area (Å²) in [7, 11) is 5.92. The maximum Gasteiger partial charge on any atom is 2.00 e. The van der Waals surface area contributed by atoms with Crippen molar-refractivity contribution in [1.29, 1.82) is 0 Å². The van der Waals surface area contributed by atoms with Crippen molar-refractivity contribution in [2.75, 3.05) is 4.90 Å². The van der Waals surface area contributed by atoms with Crippen LogP contribution in [0, 0.1) is 48.5 Å². The summed E-state index contributed by atoms with van der Waals surface area (Å²) in [5.41, 5.74) is 29.5. The molecule has 0 bridgehead atoms. The molecule has 0 saturated carbocycles. The fourth-order valence-electron chi connectivity index (χ4n) is 19.5. The molecule has 0 unspecified atom stereocenters. The van der Waals surface area contributed by atoms with Crippen LogP contribution in [-0.4, -0.2) is 89.4 Å². The predicted octanol–water partition coefficient (Wildman–Crippen LogP) is 27.1. The van der Waals surface area contributed by atoms with E-state index in [1.807, 2.05) is 254 Å². The third-order valence-electron chi connectivity index (χ3n) is 26.0. The Hall–Kier alpha value is -17.2. The van der Waals surface area contributed by atoms with Crippen molar-refractivity contribution in [3.05, 3.63) is 480 Å². The number of nitrogens with zero attached hydrogens (tertiary/aromatic N) is 20. The van der Waals surface area contributed by atoms with E-state index in [1.54, 1.807) is 18.6 Å². The minimum atomic E-state index is 0. The van der Waals surface area contributed by atoms with Gasteiger partial charge in [-0.05, 0) is 132 Å². The number of imidazole rings is 11. The van der Waals surface area contributed by atoms with Crippen LogP contribution in [0.15, 0.2) is 432 Å². The van der Waals surface area contributed by atoms with Crippen molar-refractivity contribution < 1.29 is 93.7 Å². The van der Waals surface area contributed by atoms with Crippen LogP contribution in [0.5, 0.6) is 23.0 Å². The molecule has 0 radical (unpaired) electrons. The minimum Gasteiger partial charge on any atom is -0.503 e. The molecule has 0 saturated heterocycles. The molecule has 0 aliphatic carbocycles. The van der Waals surface area contributed by atoms with Gasteiger partial charge in [0.25, 0.3) is 0 Å². The molecule has 724 valence electrons. The molecule has 12 aromatic heterocycles. The maximum atomic E-state index is 6.34. The topological polar surface area (TPSA) is 177 Å². The Kier molecular flexibility index (Phi) is 26.8. The number of hydrogen-bond donors (Lipinski definition) is 0. The Morgan fingerprint density at radius 1 is 0.248 bits per heavy atom. The van der Waals surface area contributed by atoms with Crippen molar-refractivity contribution in [2.45, 2.75) is 0 Å². The first-order valence-corrected chi connectivity index (χ1v) is 47.4. The van der Waals surface area contributed by atoms with E-state index in [4.69, 9.17) is 29.4 Å². The monoisotopic (exact) mass is 2650 g/mol. The van der Waals surface area contributed by atoms with Gasteiger partial charge in [0.2, 0.25) is 23.1 Å². The second-order valence-corrected chi connectivity index (χ2v) is 34.8. The van der Waals surface area contributed by atoms with Crippen LogP contribution in [0.25, 0.3) is 191 Å². The fraction of sp³-hybridized carbons (Fsp3) is 0.0244. The molecular formula is C123H80N20O2Pt4. The molecule has 29 aromatic rings. The molecule has 0 aliphatic heterocycles. The number of pyridine rings is 1. The van der Waals surface area contributed by atoms with Gasteiger partial charge in [0.15, 0.2) is 5.75 Å². The average molecular weight is 2650 g/mol. The predicted molar refractivity (Wildman–Crippen MR) is 572 cm³/mol. The Morgan fingerprint density at radius 2 is 0.617 bits per heavy atom. The van der Waals surface area contributed by atoms with Crippen LogP contribution >= 0.6 is 0 Å². The van der Waals surface area contributed by atoms with Gasteiger partial charge in [-0.25, -0.2) is 25.5 Å². The summed E-state index contributed by atoms with van der Waals surface area (Å²) < 4.78 is 35.9. The largest absolute Gasteiger partial charge is 2.00 e. The first-order chi connectivity index (χ1) is 71.7. The van der Waals surface area contributed by atoms with Gasteiger partial charge in [0, 0.05) is 87.5 Å². The molecular weight excluding hydrogens is 2570 g/mol. The zero-order valence-corrected chi connectivity index (χ0v) is 88.6. The number of para-hydroxylation sites is 17. The fourth-order valence-corrected chi connectivity index (χ4v) is 19.5. The quantitative estimate of drug-likeness (QED) is 0.0841. The number of ether oxygens (including phenoxy) is 2. The Labute approximate surface area is 912 Å². The van der Waals surface area contributed by atoms with Gasteiger partial charge in [-0.1, -0.05) is 150 Å². The van der Waals surface area contributed by atoms with Crippen molar-refractivity contribution in [2.24, 2.45) is 21.1 Å². The van der Waals surface area contributed by atoms with Crippen LogP contribution in [0.4, 0.5) is 17.1 Å². The van der Waals surface area contributed by atoms with Crippen LogP contribution < -0.4 is 14.4 Å². The second kappa shape index (κ2) is 41.3. The van der Waals surface area contributed by atoms with E-state index in [2.05, 4.69) is 303 Å². The van der Waals surface area contributed by atoms with Gasteiger partial charge in [0.1, 0.15) is 11.0 Å². The summed E-state index contributed by atoms with van der Waals surface area (Å²) in [6.45, 7) is 0. The smallest absolute Gasteiger partial charge is 0.503 e. The number of benzene rings is 17. The van der Waals surface area contributed by atoms with Gasteiger partial charge in [0.05, 0.1) is 100 Å². The van der Waals surface area contributed by atoms with Crippen LogP contribution in [0.2, 0.25) is 0 Å². The normalized spacial score (nSPS) is 11.2. The standard InChI is InChI=1S/C36H23N5.2C29H19N5O.C29H19N5.4Pt/c1-3-14-27(15-4-1)39(29-18-11-13-26(25-29)30-19-9-10-24-37-30)33-22-12-23-34-35(33)38-36-40(28-16-5-2-6-17-28)31-20-7-8-21-32(31)41(34)36;1-32-17-16-30-28(32)20-8-6-10-22(18-20)35-23-11-7-9-21(19-23)33-26-14-4-5-15-27(26)34-25-13-3-2-12-24(25)31-29(33)34;1-32-18-17-30-28(32)20-9-7-12-22(19-20)35-26-16-8-15-25-27(26)31-29-33(21-10-3-2-4-11-21)23-13-5-6-14-24(23)34(25)29;1-32-17-16-30-28(32)22-10-6-8-20(18-22)21-9-7-11-23(19-21)33-26-14-4-5-15-27(26)34-25-13-3-2-12-24(25)31-29(33)34;;;;/h1-16,18-24H;2-17H,1H3;2-10,12-18H,1H3;2-17H,1H3;;;;/q4*-2;4*+2. The Balaban J connectivity index is 0.000000112. The van der Waals surface area contributed by atoms with Crippen molar-refractivity contribution in [3.63, 3.8) is 0 Å². The van der Waals surface area contributed by atoms with Crippen molar-refractivity contribution >= 4 is 128 Å². The molecule has 22 nitrogen and oxygen atoms in total. The minimum absolute atomic E-state index is 0. The molecule has 29 rings (SSSR count). The number of hydrogen-bond acceptors (Lipinski definition) is 11. The van der Waals surface area contributed by atoms with Gasteiger partial charge >= 0.3 is 84.3 Å². The summed E-state index contributed by atoms with van der Waals surface area (Å²) in [6, 6.07) is 158. The molecule has 0 aliphatic rings. The van der Waals surface area contributed by atoms with Gasteiger partial charge < -0.3 is 46.8 Å². The van der Waals surface area contributed by atoms with Crippen molar-refractivity contribution in [1.82, 2.24) is 89.4 Å². The summed E-state index contributed by atoms with van der Waals surface area (Å²) in [5.74, 6) is 8.41. The zero-order chi connectivity index (χ0) is 96.5. The Bertz CT molecular complexity index is 9970. The van der Waals surface area contributed by atoms with Crippen LogP contribution in [0.1, 0.15) is 0 Å². The molecule has 17 aromatic carbocycles. The zero-order valence-electron chi connectivity index (χ0n) is 79.5. The number of rotatable bonds is 16. The van der Waals surface area contributed by atoms with E-state index in [1.165, 1.54) is 0 Å². The third kappa shape index (κ3) is 17.6. The molecule has 0 N–H and O–H groups in total. The molecule has 0 spiro atoms. The van der Waals surface area contributed by atoms with E-state index < -0.39 is 0 Å². The van der Waals surface area contributed by atoms with Gasteiger partial charge in [-0.15, -0.1) is 126 Å². The summed E-state index contributed by atoms with van der Waals surface area (Å²) in [4.78, 5) is 40.4. The van der Waals surface area contributed by atoms with Crippen molar-refractivity contribution in [3.8, 4) is 102 Å². The van der Waals surface area contributed by atoms with E-state index in [-0.39, 0.29) is 84.3 Å². The number of fused-ring (bicyclic) bond motifs is 20. The van der Waals surface area contributed by atoms with E-state index in [9.17, 15) is 0 Å². The first-order valence-electron chi connectivity index (χ1n) is 47.4. The number of aryl methyl sites for hydroxylation is 3. The van der Waals surface area contributed by atoms with E-state index in [0.29, 0.717) is 23.0 Å². The average Bonchev–Trinajstić information content (AvgIpc) is 1.53.